The summed E-state index contributed by atoms with van der Waals surface area (Å²) in [6.07, 6.45) is -2.82. The first-order valence-corrected chi connectivity index (χ1v) is 9.75. The lowest BCUT2D eigenvalue weighted by atomic mass is 10.1. The summed E-state index contributed by atoms with van der Waals surface area (Å²) < 4.78 is 12.6. The van der Waals surface area contributed by atoms with Gasteiger partial charge in [0.15, 0.2) is 6.23 Å². The SMILES string of the molecule is Cc1oc(-c2cccs2)nc1CNC[C@H]1O[C@@H](n2cnc(C(N)=O)n2)[C@H](O)[C@@H]1O. The van der Waals surface area contributed by atoms with Crippen LogP contribution in [-0.4, -0.2) is 60.7 Å². The molecule has 4 heterocycles. The van der Waals surface area contributed by atoms with Crippen molar-refractivity contribution >= 4 is 17.2 Å². The van der Waals surface area contributed by atoms with Crippen molar-refractivity contribution in [3.8, 4) is 10.8 Å². The third-order valence-corrected chi connectivity index (χ3v) is 5.45. The van der Waals surface area contributed by atoms with E-state index in [0.717, 1.165) is 10.6 Å². The lowest BCUT2D eigenvalue weighted by Crippen LogP contribution is -2.37. The maximum absolute atomic E-state index is 11.1. The molecule has 0 aromatic carbocycles. The number of nitrogens with one attached hydrogen (secondary N) is 1. The number of hydrogen-bond acceptors (Lipinski definition) is 10. The smallest absolute Gasteiger partial charge is 0.288 e. The van der Waals surface area contributed by atoms with Crippen LogP contribution in [-0.2, 0) is 11.3 Å². The topological polar surface area (TPSA) is 162 Å². The van der Waals surface area contributed by atoms with Crippen molar-refractivity contribution in [1.29, 1.82) is 0 Å². The molecule has 0 spiro atoms. The molecule has 3 aromatic heterocycles. The number of thiophene rings is 1. The van der Waals surface area contributed by atoms with Gasteiger partial charge < -0.3 is 30.4 Å². The molecule has 1 aliphatic heterocycles. The normalized spacial score (nSPS) is 24.2. The standard InChI is InChI=1S/C17H20N6O5S/c1-8-9(21-16(27-8)11-3-2-4-29-11)5-19-6-10-12(24)13(25)17(28-10)23-7-20-15(22-23)14(18)26/h2-4,7,10,12-13,17,19,24-25H,5-6H2,1H3,(H2,18,26)/t10-,12-,13-,17-/m1/s1. The number of hydrogen-bond donors (Lipinski definition) is 4. The van der Waals surface area contributed by atoms with Crippen molar-refractivity contribution in [3.63, 3.8) is 0 Å². The highest BCUT2D eigenvalue weighted by molar-refractivity contribution is 7.13. The Morgan fingerprint density at radius 1 is 1.41 bits per heavy atom. The van der Waals surface area contributed by atoms with Crippen LogP contribution in [0.2, 0.25) is 0 Å². The largest absolute Gasteiger partial charge is 0.440 e. The summed E-state index contributed by atoms with van der Waals surface area (Å²) in [5.74, 6) is 0.284. The van der Waals surface area contributed by atoms with Crippen molar-refractivity contribution in [1.82, 2.24) is 25.1 Å². The number of carbonyl (C=O) groups excluding carboxylic acids is 1. The number of amides is 1. The zero-order chi connectivity index (χ0) is 20.5. The molecule has 1 aliphatic rings. The molecule has 1 saturated heterocycles. The maximum Gasteiger partial charge on any atom is 0.288 e. The fraction of sp³-hybridized carbons (Fsp3) is 0.412. The summed E-state index contributed by atoms with van der Waals surface area (Å²) in [5, 5.41) is 29.5. The number of aryl methyl sites for hydroxylation is 1. The van der Waals surface area contributed by atoms with Crippen LogP contribution < -0.4 is 11.1 Å². The Bertz CT molecular complexity index is 987. The molecule has 29 heavy (non-hydrogen) atoms. The van der Waals surface area contributed by atoms with Crippen LogP contribution in [0, 0.1) is 6.92 Å². The van der Waals surface area contributed by atoms with E-state index in [9.17, 15) is 15.0 Å². The Hall–Kier alpha value is -2.64. The molecule has 1 fully saturated rings. The molecule has 3 aromatic rings. The van der Waals surface area contributed by atoms with E-state index in [-0.39, 0.29) is 12.4 Å². The van der Waals surface area contributed by atoms with Gasteiger partial charge in [0, 0.05) is 13.1 Å². The Balaban J connectivity index is 1.36. The first kappa shape index (κ1) is 19.7. The molecule has 5 N–H and O–H groups in total. The predicted molar refractivity (Wildman–Crippen MR) is 101 cm³/mol. The van der Waals surface area contributed by atoms with E-state index in [1.807, 2.05) is 24.4 Å². The summed E-state index contributed by atoms with van der Waals surface area (Å²) in [6.45, 7) is 2.50. The Morgan fingerprint density at radius 2 is 2.24 bits per heavy atom. The molecule has 12 heteroatoms. The van der Waals surface area contributed by atoms with Crippen LogP contribution in [0.1, 0.15) is 28.3 Å². The molecule has 0 aliphatic carbocycles. The van der Waals surface area contributed by atoms with Crippen LogP contribution in [0.15, 0.2) is 28.3 Å². The van der Waals surface area contributed by atoms with Crippen LogP contribution >= 0.6 is 11.3 Å². The molecule has 0 bridgehead atoms. The van der Waals surface area contributed by atoms with E-state index in [1.165, 1.54) is 11.0 Å². The van der Waals surface area contributed by atoms with Gasteiger partial charge in [-0.15, -0.1) is 16.4 Å². The summed E-state index contributed by atoms with van der Waals surface area (Å²) in [5.41, 5.74) is 5.88. The number of ether oxygens (including phenoxy) is 1. The third-order valence-electron chi connectivity index (χ3n) is 4.59. The van der Waals surface area contributed by atoms with Gasteiger partial charge in [-0.3, -0.25) is 4.79 Å². The molecular formula is C17H20N6O5S. The van der Waals surface area contributed by atoms with Gasteiger partial charge in [-0.2, -0.15) is 0 Å². The number of nitrogens with two attached hydrogens (primary N) is 1. The zero-order valence-electron chi connectivity index (χ0n) is 15.4. The minimum absolute atomic E-state index is 0.195. The Labute approximate surface area is 169 Å². The zero-order valence-corrected chi connectivity index (χ0v) is 16.2. The minimum atomic E-state index is -1.23. The number of aliphatic hydroxyl groups excluding tert-OH is 2. The van der Waals surface area contributed by atoms with E-state index in [0.29, 0.717) is 18.2 Å². The van der Waals surface area contributed by atoms with E-state index in [4.69, 9.17) is 14.9 Å². The molecule has 4 rings (SSSR count). The van der Waals surface area contributed by atoms with Crippen molar-refractivity contribution in [2.45, 2.75) is 38.0 Å². The van der Waals surface area contributed by atoms with Gasteiger partial charge in [0.2, 0.25) is 11.7 Å². The monoisotopic (exact) mass is 420 g/mol. The van der Waals surface area contributed by atoms with Gasteiger partial charge in [0.1, 0.15) is 30.4 Å². The quantitative estimate of drug-likeness (QED) is 0.406. The first-order chi connectivity index (χ1) is 13.9. The summed E-state index contributed by atoms with van der Waals surface area (Å²) in [6, 6.07) is 3.87. The van der Waals surface area contributed by atoms with Crippen molar-refractivity contribution in [3.05, 3.63) is 41.1 Å². The van der Waals surface area contributed by atoms with Crippen LogP contribution in [0.25, 0.3) is 10.8 Å². The highest BCUT2D eigenvalue weighted by Gasteiger charge is 2.44. The first-order valence-electron chi connectivity index (χ1n) is 8.87. The van der Waals surface area contributed by atoms with Crippen LogP contribution in [0.3, 0.4) is 0 Å². The molecule has 0 unspecified atom stereocenters. The van der Waals surface area contributed by atoms with Gasteiger partial charge in [-0.1, -0.05) is 6.07 Å². The van der Waals surface area contributed by atoms with E-state index in [2.05, 4.69) is 20.4 Å². The molecular weight excluding hydrogens is 400 g/mol. The number of carbonyl (C=O) groups is 1. The van der Waals surface area contributed by atoms with Crippen LogP contribution in [0.5, 0.6) is 0 Å². The highest BCUT2D eigenvalue weighted by atomic mass is 32.1. The molecule has 4 atom stereocenters. The van der Waals surface area contributed by atoms with Crippen molar-refractivity contribution < 1.29 is 24.2 Å². The lowest BCUT2D eigenvalue weighted by Gasteiger charge is -2.14. The predicted octanol–water partition coefficient (Wildman–Crippen LogP) is -0.189. The maximum atomic E-state index is 11.1. The molecule has 0 radical (unpaired) electrons. The number of rotatable bonds is 7. The fourth-order valence-corrected chi connectivity index (χ4v) is 3.71. The number of oxazole rings is 1. The lowest BCUT2D eigenvalue weighted by molar-refractivity contribution is -0.0439. The van der Waals surface area contributed by atoms with Gasteiger partial charge in [-0.25, -0.2) is 14.6 Å². The fourth-order valence-electron chi connectivity index (χ4n) is 3.06. The summed E-state index contributed by atoms with van der Waals surface area (Å²) >= 11 is 1.54. The summed E-state index contributed by atoms with van der Waals surface area (Å²) in [4.78, 5) is 20.3. The Kier molecular flexibility index (Phi) is 5.43. The van der Waals surface area contributed by atoms with Gasteiger partial charge >= 0.3 is 0 Å². The number of aliphatic hydroxyl groups is 2. The molecule has 154 valence electrons. The number of nitrogens with zero attached hydrogens (tertiary/aromatic N) is 4. The molecule has 11 nitrogen and oxygen atoms in total. The second-order valence-corrected chi connectivity index (χ2v) is 7.54. The van der Waals surface area contributed by atoms with Crippen molar-refractivity contribution in [2.75, 3.05) is 6.54 Å². The summed E-state index contributed by atoms with van der Waals surface area (Å²) in [7, 11) is 0. The van der Waals surface area contributed by atoms with Crippen molar-refractivity contribution in [2.24, 2.45) is 5.73 Å². The highest BCUT2D eigenvalue weighted by Crippen LogP contribution is 2.29. The minimum Gasteiger partial charge on any atom is -0.440 e. The Morgan fingerprint density at radius 3 is 2.93 bits per heavy atom. The molecule has 0 saturated carbocycles. The molecule has 1 amide bonds. The second-order valence-electron chi connectivity index (χ2n) is 6.59. The third kappa shape index (κ3) is 3.93. The van der Waals surface area contributed by atoms with E-state index < -0.39 is 30.4 Å². The second kappa shape index (κ2) is 8.00. The van der Waals surface area contributed by atoms with E-state index >= 15 is 0 Å². The van der Waals surface area contributed by atoms with Crippen LogP contribution in [0.4, 0.5) is 0 Å². The van der Waals surface area contributed by atoms with E-state index in [1.54, 1.807) is 11.3 Å². The van der Waals surface area contributed by atoms with Gasteiger partial charge in [0.05, 0.1) is 10.6 Å². The average molecular weight is 420 g/mol. The van der Waals surface area contributed by atoms with Gasteiger partial charge in [-0.05, 0) is 18.4 Å². The van der Waals surface area contributed by atoms with Gasteiger partial charge in [0.25, 0.3) is 5.91 Å². The number of primary amides is 1. The average Bonchev–Trinajstić information content (AvgIpc) is 3.46. The number of aromatic nitrogens is 4.